The fourth-order valence-corrected chi connectivity index (χ4v) is 0. The Morgan fingerprint density at radius 3 is 1.00 bits per heavy atom. The van der Waals surface area contributed by atoms with Crippen LogP contribution in [0.25, 0.3) is 0 Å². The van der Waals surface area contributed by atoms with E-state index < -0.39 is 0 Å². The first-order valence-electron chi connectivity index (χ1n) is 0. The zero-order chi connectivity index (χ0) is 0. The molecular formula is NiOVW. The van der Waals surface area contributed by atoms with Gasteiger partial charge in [-0.3, -0.25) is 0 Å². The summed E-state index contributed by atoms with van der Waals surface area (Å²) in [6.45, 7) is 0. The smallest absolute Gasteiger partial charge is 2.00 e. The van der Waals surface area contributed by atoms with Crippen LogP contribution in [-0.2, 0) is 61.6 Å². The van der Waals surface area contributed by atoms with Gasteiger partial charge in [-0.2, -0.15) is 0 Å². The van der Waals surface area contributed by atoms with Crippen molar-refractivity contribution in [3.05, 3.63) is 0 Å². The van der Waals surface area contributed by atoms with Gasteiger partial charge in [0.15, 0.2) is 0 Å². The summed E-state index contributed by atoms with van der Waals surface area (Å²) in [6.07, 6.45) is 0. The Labute approximate surface area is 61.3 Å². The second kappa shape index (κ2) is 22.0. The predicted octanol–water partition coefficient (Wildman–Crippen LogP) is -0.126. The van der Waals surface area contributed by atoms with Gasteiger partial charge in [0, 0.05) is 39.6 Å². The molecule has 27 valence electrons. The van der Waals surface area contributed by atoms with Crippen LogP contribution in [0.2, 0.25) is 0 Å². The molecule has 0 N–H and O–H groups in total. The molecule has 0 bridgehead atoms. The Kier molecular flexibility index (Phi) is 236. The third kappa shape index (κ3) is 9.29. The molecule has 0 aromatic heterocycles. The SMILES string of the molecule is [Ni+2].[O-2].[V].[W]. The first-order valence-corrected chi connectivity index (χ1v) is 0. The zero-order valence-electron chi connectivity index (χ0n) is 1.58. The summed E-state index contributed by atoms with van der Waals surface area (Å²) >= 11 is 0. The Bertz CT molecular complexity index is 8.00. The minimum absolute atomic E-state index is 0. The molecule has 0 amide bonds. The average Bonchev–Trinajstić information content (AvgIpc) is 0. The topological polar surface area (TPSA) is 28.5 Å². The van der Waals surface area contributed by atoms with Crippen LogP contribution < -0.4 is 0 Å². The Morgan fingerprint density at radius 2 is 1.00 bits per heavy atom. The van der Waals surface area contributed by atoms with Gasteiger partial charge in [0.2, 0.25) is 0 Å². The Balaban J connectivity index is 0. The van der Waals surface area contributed by atoms with E-state index in [1.807, 2.05) is 0 Å². The van der Waals surface area contributed by atoms with Crippen LogP contribution in [0.3, 0.4) is 0 Å². The van der Waals surface area contributed by atoms with Crippen molar-refractivity contribution in [2.45, 2.75) is 0 Å². The molecule has 0 rings (SSSR count). The van der Waals surface area contributed by atoms with Gasteiger partial charge in [-0.05, 0) is 0 Å². The summed E-state index contributed by atoms with van der Waals surface area (Å²) < 4.78 is 0. The van der Waals surface area contributed by atoms with Crippen molar-refractivity contribution in [1.29, 1.82) is 0 Å². The molecule has 0 aromatic carbocycles. The van der Waals surface area contributed by atoms with Crippen molar-refractivity contribution in [3.63, 3.8) is 0 Å². The maximum atomic E-state index is 0. The molecule has 4 heavy (non-hydrogen) atoms. The minimum Gasteiger partial charge on any atom is -2.00 e. The van der Waals surface area contributed by atoms with Gasteiger partial charge in [-0.25, -0.2) is 0 Å². The molecule has 0 saturated carbocycles. The van der Waals surface area contributed by atoms with Crippen molar-refractivity contribution in [2.75, 3.05) is 0 Å². The van der Waals surface area contributed by atoms with Crippen molar-refractivity contribution in [2.24, 2.45) is 0 Å². The van der Waals surface area contributed by atoms with Crippen LogP contribution in [0.15, 0.2) is 0 Å². The summed E-state index contributed by atoms with van der Waals surface area (Å²) in [7, 11) is 0. The van der Waals surface area contributed by atoms with Crippen LogP contribution >= 0.6 is 0 Å². The van der Waals surface area contributed by atoms with Crippen LogP contribution in [0, 0.1) is 0 Å². The van der Waals surface area contributed by atoms with Crippen molar-refractivity contribution in [3.8, 4) is 0 Å². The first kappa shape index (κ1) is 42.9. The van der Waals surface area contributed by atoms with E-state index in [-0.39, 0.29) is 61.6 Å². The zero-order valence-corrected chi connectivity index (χ0v) is 6.90. The van der Waals surface area contributed by atoms with E-state index >= 15 is 0 Å². The molecule has 0 unspecified atom stereocenters. The van der Waals surface area contributed by atoms with Gasteiger partial charge < -0.3 is 5.48 Å². The molecule has 1 nitrogen and oxygen atoms in total. The number of hydrogen-bond acceptors (Lipinski definition) is 0. The second-order valence-electron chi connectivity index (χ2n) is 0. The van der Waals surface area contributed by atoms with E-state index in [0.717, 1.165) is 0 Å². The van der Waals surface area contributed by atoms with E-state index in [1.54, 1.807) is 0 Å². The molecule has 0 spiro atoms. The van der Waals surface area contributed by atoms with Crippen molar-refractivity contribution in [1.82, 2.24) is 0 Å². The van der Waals surface area contributed by atoms with Crippen LogP contribution in [0.1, 0.15) is 0 Å². The maximum absolute atomic E-state index is 0. The van der Waals surface area contributed by atoms with E-state index in [4.69, 9.17) is 0 Å². The van der Waals surface area contributed by atoms with E-state index in [9.17, 15) is 0 Å². The van der Waals surface area contributed by atoms with Crippen LogP contribution in [0.5, 0.6) is 0 Å². The van der Waals surface area contributed by atoms with Crippen LogP contribution in [0.4, 0.5) is 0 Å². The standard InChI is InChI=1S/Ni.O.V.W/q+2;-2;;. The van der Waals surface area contributed by atoms with Crippen LogP contribution in [-0.4, -0.2) is 0 Å². The first-order chi connectivity index (χ1) is 0. The molecular weight excluding hydrogens is 309 g/mol. The summed E-state index contributed by atoms with van der Waals surface area (Å²) in [5.41, 5.74) is 0. The van der Waals surface area contributed by atoms with Gasteiger partial charge >= 0.3 is 16.5 Å². The summed E-state index contributed by atoms with van der Waals surface area (Å²) in [6, 6.07) is 0. The molecule has 0 fully saturated rings. The van der Waals surface area contributed by atoms with Crippen molar-refractivity contribution < 1.29 is 61.6 Å². The second-order valence-corrected chi connectivity index (χ2v) is 0. The summed E-state index contributed by atoms with van der Waals surface area (Å²) in [5.74, 6) is 0. The summed E-state index contributed by atoms with van der Waals surface area (Å²) in [5, 5.41) is 0. The average molecular weight is 309 g/mol. The summed E-state index contributed by atoms with van der Waals surface area (Å²) in [4.78, 5) is 0. The van der Waals surface area contributed by atoms with E-state index in [1.165, 1.54) is 0 Å². The minimum atomic E-state index is 0. The number of hydrogen-bond donors (Lipinski definition) is 0. The van der Waals surface area contributed by atoms with Crippen molar-refractivity contribution >= 4 is 0 Å². The van der Waals surface area contributed by atoms with E-state index in [2.05, 4.69) is 0 Å². The maximum Gasteiger partial charge on any atom is 2.00 e. The molecule has 0 saturated heterocycles. The molecule has 0 aliphatic heterocycles. The molecule has 0 aromatic rings. The monoisotopic (exact) mass is 309 g/mol. The molecule has 0 atom stereocenters. The van der Waals surface area contributed by atoms with Gasteiger partial charge in [0.1, 0.15) is 0 Å². The molecule has 0 aliphatic rings. The van der Waals surface area contributed by atoms with Gasteiger partial charge in [0.05, 0.1) is 0 Å². The molecule has 0 aliphatic carbocycles. The van der Waals surface area contributed by atoms with Gasteiger partial charge in [-0.1, -0.05) is 0 Å². The Morgan fingerprint density at radius 1 is 1.00 bits per heavy atom. The predicted molar refractivity (Wildman–Crippen MR) is 0.686 cm³/mol. The fourth-order valence-electron chi connectivity index (χ4n) is 0. The molecule has 4 heteroatoms. The molecule has 1 radical (unpaired) electrons. The number of rotatable bonds is 0. The third-order valence-corrected chi connectivity index (χ3v) is 0. The third-order valence-electron chi connectivity index (χ3n) is 0. The normalized spacial score (nSPS) is 0. The quantitative estimate of drug-likeness (QED) is 0.558. The Hall–Kier alpha value is 1.73. The van der Waals surface area contributed by atoms with Gasteiger partial charge in [0.25, 0.3) is 0 Å². The van der Waals surface area contributed by atoms with E-state index in [0.29, 0.717) is 0 Å². The largest absolute Gasteiger partial charge is 2.00 e. The molecule has 0 heterocycles. The fraction of sp³-hybridized carbons (Fsp3) is 0. The van der Waals surface area contributed by atoms with Gasteiger partial charge in [-0.15, -0.1) is 0 Å².